The lowest BCUT2D eigenvalue weighted by Crippen LogP contribution is -2.70. The van der Waals surface area contributed by atoms with E-state index in [0.29, 0.717) is 53.3 Å². The quantitative estimate of drug-likeness (QED) is 0.0875. The zero-order valence-electron chi connectivity index (χ0n) is 41.0. The van der Waals surface area contributed by atoms with Crippen molar-refractivity contribution in [2.45, 2.75) is 129 Å². The van der Waals surface area contributed by atoms with Gasteiger partial charge in [0.05, 0.1) is 37.8 Å². The molecule has 2 aromatic carbocycles. The van der Waals surface area contributed by atoms with Crippen molar-refractivity contribution in [1.82, 2.24) is 29.8 Å². The van der Waals surface area contributed by atoms with Crippen LogP contribution in [-0.2, 0) is 9.53 Å². The van der Waals surface area contributed by atoms with Crippen molar-refractivity contribution in [3.05, 3.63) is 59.3 Å². The van der Waals surface area contributed by atoms with Crippen LogP contribution in [0.4, 0.5) is 0 Å². The van der Waals surface area contributed by atoms with Gasteiger partial charge in [-0.05, 0) is 169 Å². The standard InChI is InChI=1S/C53H78N6O6/c1-35(2)34-65-52(62)53(40-28-37-27-38(30-40)31-41(53)29-37)54-50(60)44-33-46(49-47(63-8)19-14-20-48(49)64-9)59(55-44)45-22-21-39(32-43(45)36(3)4)51(61)58(7)26-16-24-56(5)23-15-25-57(6)42-17-12-10-11-13-18-42/h14,19-22,32-33,35-38,40-42H,10-13,15-18,23-31,34H2,1-9H3,(H,54,60). The molecule has 3 aromatic rings. The number of ether oxygens (including phenoxy) is 3. The van der Waals surface area contributed by atoms with E-state index >= 15 is 0 Å². The van der Waals surface area contributed by atoms with E-state index < -0.39 is 11.4 Å². The van der Waals surface area contributed by atoms with Crippen molar-refractivity contribution < 1.29 is 28.6 Å². The lowest BCUT2D eigenvalue weighted by molar-refractivity contribution is -0.171. The monoisotopic (exact) mass is 895 g/mol. The van der Waals surface area contributed by atoms with Crippen molar-refractivity contribution >= 4 is 17.8 Å². The molecule has 5 saturated carbocycles. The second-order valence-corrected chi connectivity index (χ2v) is 20.8. The zero-order chi connectivity index (χ0) is 46.4. The van der Waals surface area contributed by atoms with Crippen LogP contribution in [0.15, 0.2) is 42.5 Å². The number of methoxy groups -OCH3 is 2. The summed E-state index contributed by atoms with van der Waals surface area (Å²) in [6.45, 7) is 12.3. The highest BCUT2D eigenvalue weighted by Crippen LogP contribution is 2.59. The SMILES string of the molecule is COc1cccc(OC)c1-c1cc(C(=O)NC2(C(=O)OCC(C)C)C3CC4CC(C3)CC2C4)nn1-c1ccc(C(=O)N(C)CCCN(C)CCCN(C)C2CCCCCC2)cc1C(C)C. The molecule has 0 aliphatic heterocycles. The third-order valence-electron chi connectivity index (χ3n) is 15.3. The molecule has 12 nitrogen and oxygen atoms in total. The molecule has 0 atom stereocenters. The van der Waals surface area contributed by atoms with Gasteiger partial charge in [0, 0.05) is 25.2 Å². The van der Waals surface area contributed by atoms with Crippen LogP contribution < -0.4 is 14.8 Å². The first kappa shape index (κ1) is 48.5. The maximum atomic E-state index is 14.8. The highest BCUT2D eigenvalue weighted by Gasteiger charge is 2.63. The summed E-state index contributed by atoms with van der Waals surface area (Å²) in [6.07, 6.45) is 15.0. The topological polar surface area (TPSA) is 118 Å². The van der Waals surface area contributed by atoms with Crippen molar-refractivity contribution in [2.75, 3.05) is 68.1 Å². The van der Waals surface area contributed by atoms with Crippen LogP contribution in [0.2, 0.25) is 0 Å². The van der Waals surface area contributed by atoms with E-state index in [-0.39, 0.29) is 41.2 Å². The maximum Gasteiger partial charge on any atom is 0.332 e. The number of nitrogens with zero attached hydrogens (tertiary/aromatic N) is 5. The Morgan fingerprint density at radius 1 is 0.800 bits per heavy atom. The van der Waals surface area contributed by atoms with E-state index in [0.717, 1.165) is 75.5 Å². The fourth-order valence-electron chi connectivity index (χ4n) is 11.9. The molecule has 2 amide bonds. The molecule has 8 rings (SSSR count). The lowest BCUT2D eigenvalue weighted by atomic mass is 9.48. The molecule has 1 heterocycles. The zero-order valence-corrected chi connectivity index (χ0v) is 41.0. The molecular weight excluding hydrogens is 817 g/mol. The van der Waals surface area contributed by atoms with E-state index in [1.54, 1.807) is 25.0 Å². The van der Waals surface area contributed by atoms with Gasteiger partial charge in [0.2, 0.25) is 0 Å². The van der Waals surface area contributed by atoms with E-state index in [1.807, 2.05) is 62.2 Å². The molecule has 0 spiro atoms. The van der Waals surface area contributed by atoms with E-state index in [1.165, 1.54) is 44.9 Å². The Morgan fingerprint density at radius 3 is 2.00 bits per heavy atom. The highest BCUT2D eigenvalue weighted by atomic mass is 16.5. The molecule has 5 fully saturated rings. The van der Waals surface area contributed by atoms with Gasteiger partial charge in [0.1, 0.15) is 17.0 Å². The van der Waals surface area contributed by atoms with Gasteiger partial charge in [0.25, 0.3) is 11.8 Å². The van der Waals surface area contributed by atoms with Gasteiger partial charge in [-0.3, -0.25) is 9.59 Å². The van der Waals surface area contributed by atoms with Gasteiger partial charge >= 0.3 is 5.97 Å². The molecular formula is C53H78N6O6. The van der Waals surface area contributed by atoms with Crippen LogP contribution in [0.5, 0.6) is 11.5 Å². The lowest BCUT2D eigenvalue weighted by Gasteiger charge is -2.59. The number of hydrogen-bond acceptors (Lipinski definition) is 9. The first-order valence-electron chi connectivity index (χ1n) is 24.8. The summed E-state index contributed by atoms with van der Waals surface area (Å²) in [5.74, 6) is 1.70. The predicted molar refractivity (Wildman–Crippen MR) is 257 cm³/mol. The summed E-state index contributed by atoms with van der Waals surface area (Å²) in [5, 5.41) is 8.40. The third kappa shape index (κ3) is 10.7. The largest absolute Gasteiger partial charge is 0.496 e. The maximum absolute atomic E-state index is 14.8. The predicted octanol–water partition coefficient (Wildman–Crippen LogP) is 9.24. The summed E-state index contributed by atoms with van der Waals surface area (Å²) in [4.78, 5) is 50.0. The van der Waals surface area contributed by atoms with Gasteiger partial charge in [-0.25, -0.2) is 9.48 Å². The number of rotatable bonds is 20. The Balaban J connectivity index is 1.12. The fraction of sp³-hybridized carbons (Fsp3) is 0.660. The molecule has 0 radical (unpaired) electrons. The van der Waals surface area contributed by atoms with Gasteiger partial charge in [-0.2, -0.15) is 5.10 Å². The Labute approximate surface area is 389 Å². The highest BCUT2D eigenvalue weighted by molar-refractivity contribution is 5.99. The molecule has 0 unspecified atom stereocenters. The average Bonchev–Trinajstić information content (AvgIpc) is 3.54. The van der Waals surface area contributed by atoms with Crippen LogP contribution in [0.25, 0.3) is 16.9 Å². The van der Waals surface area contributed by atoms with Crippen molar-refractivity contribution in [2.24, 2.45) is 29.6 Å². The Hall–Kier alpha value is -4.42. The summed E-state index contributed by atoms with van der Waals surface area (Å²) in [7, 11) is 9.58. The number of carbonyl (C=O) groups excluding carboxylic acids is 3. The second-order valence-electron chi connectivity index (χ2n) is 20.8. The number of hydrogen-bond donors (Lipinski definition) is 1. The molecule has 65 heavy (non-hydrogen) atoms. The van der Waals surface area contributed by atoms with Gasteiger partial charge in [-0.15, -0.1) is 0 Å². The molecule has 0 saturated heterocycles. The molecule has 356 valence electrons. The van der Waals surface area contributed by atoms with Gasteiger partial charge < -0.3 is 34.2 Å². The van der Waals surface area contributed by atoms with Gasteiger partial charge in [-0.1, -0.05) is 59.4 Å². The van der Waals surface area contributed by atoms with E-state index in [2.05, 4.69) is 43.1 Å². The number of carbonyl (C=O) groups is 3. The molecule has 1 aromatic heterocycles. The van der Waals surface area contributed by atoms with Crippen LogP contribution in [0.3, 0.4) is 0 Å². The van der Waals surface area contributed by atoms with Crippen LogP contribution in [0.1, 0.15) is 143 Å². The number of amides is 2. The summed E-state index contributed by atoms with van der Waals surface area (Å²) in [6, 6.07) is 13.8. The minimum Gasteiger partial charge on any atom is -0.496 e. The number of aromatic nitrogens is 2. The summed E-state index contributed by atoms with van der Waals surface area (Å²) >= 11 is 0. The minimum absolute atomic E-state index is 0.000699. The first-order valence-corrected chi connectivity index (χ1v) is 24.8. The van der Waals surface area contributed by atoms with E-state index in [9.17, 15) is 14.4 Å². The smallest absolute Gasteiger partial charge is 0.332 e. The summed E-state index contributed by atoms with van der Waals surface area (Å²) < 4.78 is 19.6. The first-order chi connectivity index (χ1) is 31.2. The molecule has 12 heteroatoms. The van der Waals surface area contributed by atoms with Crippen LogP contribution >= 0.6 is 0 Å². The third-order valence-corrected chi connectivity index (χ3v) is 15.3. The van der Waals surface area contributed by atoms with Gasteiger partial charge in [0.15, 0.2) is 5.69 Å². The van der Waals surface area contributed by atoms with Crippen molar-refractivity contribution in [3.63, 3.8) is 0 Å². The van der Waals surface area contributed by atoms with Crippen molar-refractivity contribution in [1.29, 1.82) is 0 Å². The molecule has 5 aliphatic carbocycles. The van der Waals surface area contributed by atoms with Crippen LogP contribution in [0, 0.1) is 29.6 Å². The molecule has 1 N–H and O–H groups in total. The second kappa shape index (κ2) is 21.5. The number of benzene rings is 2. The van der Waals surface area contributed by atoms with E-state index in [4.69, 9.17) is 19.3 Å². The van der Waals surface area contributed by atoms with Crippen molar-refractivity contribution in [3.8, 4) is 28.4 Å². The Bertz CT molecular complexity index is 2050. The minimum atomic E-state index is -1.11. The Morgan fingerprint density at radius 2 is 1.42 bits per heavy atom. The average molecular weight is 895 g/mol. The fourth-order valence-corrected chi connectivity index (χ4v) is 11.9. The Kier molecular flexibility index (Phi) is 16.0. The molecule has 4 bridgehead atoms. The number of nitrogens with one attached hydrogen (secondary N) is 1. The molecule has 5 aliphatic rings. The number of esters is 1. The normalized spacial score (nSPS) is 23.0. The summed E-state index contributed by atoms with van der Waals surface area (Å²) in [5.41, 5.74) is 2.51. The van der Waals surface area contributed by atoms with Crippen LogP contribution in [-0.4, -0.2) is 122 Å².